The van der Waals surface area contributed by atoms with Gasteiger partial charge in [-0.1, -0.05) is 41.9 Å². The molecule has 0 saturated carbocycles. The third kappa shape index (κ3) is 4.37. The van der Waals surface area contributed by atoms with Crippen LogP contribution in [0.4, 0.5) is 4.39 Å². The summed E-state index contributed by atoms with van der Waals surface area (Å²) in [6.07, 6.45) is 1.76. The highest BCUT2D eigenvalue weighted by Crippen LogP contribution is 2.25. The average molecular weight is 386 g/mol. The minimum Gasteiger partial charge on any atom is -0.342 e. The number of hydrogen-bond donors (Lipinski definition) is 0. The van der Waals surface area contributed by atoms with E-state index in [4.69, 9.17) is 11.6 Å². The van der Waals surface area contributed by atoms with Crippen molar-refractivity contribution < 1.29 is 9.18 Å². The second-order valence-corrected chi connectivity index (χ2v) is 6.81. The van der Waals surface area contributed by atoms with Crippen molar-refractivity contribution in [2.24, 2.45) is 0 Å². The average Bonchev–Trinajstić information content (AvgIpc) is 2.97. The topological polar surface area (TPSA) is 38.1 Å². The third-order valence-corrected chi connectivity index (χ3v) is 4.79. The molecule has 0 aliphatic heterocycles. The summed E-state index contributed by atoms with van der Waals surface area (Å²) in [5.74, 6) is -0.507. The van der Waals surface area contributed by atoms with E-state index in [1.807, 2.05) is 18.2 Å². The summed E-state index contributed by atoms with van der Waals surface area (Å²) < 4.78 is 14.6. The highest BCUT2D eigenvalue weighted by Gasteiger charge is 2.23. The van der Waals surface area contributed by atoms with Gasteiger partial charge in [-0.25, -0.2) is 9.07 Å². The van der Waals surface area contributed by atoms with Crippen LogP contribution in [0.2, 0.25) is 5.15 Å². The van der Waals surface area contributed by atoms with Crippen LogP contribution in [-0.4, -0.2) is 34.2 Å². The number of hydrogen-bond acceptors (Lipinski definition) is 2. The van der Waals surface area contributed by atoms with Gasteiger partial charge in [-0.05, 0) is 49.6 Å². The zero-order valence-electron chi connectivity index (χ0n) is 15.3. The van der Waals surface area contributed by atoms with Gasteiger partial charge in [-0.15, -0.1) is 0 Å². The molecule has 140 valence electrons. The van der Waals surface area contributed by atoms with Gasteiger partial charge in [0.1, 0.15) is 11.0 Å². The Morgan fingerprint density at radius 3 is 2.48 bits per heavy atom. The number of amides is 1. The smallest absolute Gasteiger partial charge is 0.258 e. The van der Waals surface area contributed by atoms with Gasteiger partial charge in [-0.3, -0.25) is 4.79 Å². The number of nitrogens with zero attached hydrogens (tertiary/aromatic N) is 3. The molecule has 2 aromatic carbocycles. The molecule has 3 rings (SSSR count). The highest BCUT2D eigenvalue weighted by molar-refractivity contribution is 6.33. The van der Waals surface area contributed by atoms with Gasteiger partial charge in [-0.2, -0.15) is 5.10 Å². The highest BCUT2D eigenvalue weighted by atomic mass is 35.5. The van der Waals surface area contributed by atoms with Crippen molar-refractivity contribution in [1.82, 2.24) is 14.7 Å². The minimum atomic E-state index is -0.340. The van der Waals surface area contributed by atoms with Gasteiger partial charge in [0, 0.05) is 13.6 Å². The molecule has 1 amide bonds. The maximum atomic E-state index is 13.1. The van der Waals surface area contributed by atoms with E-state index in [2.05, 4.69) is 17.2 Å². The minimum absolute atomic E-state index is 0.168. The summed E-state index contributed by atoms with van der Waals surface area (Å²) in [6.45, 7) is 2.36. The number of aromatic nitrogens is 2. The molecular formula is C21H21ClFN3O. The van der Waals surface area contributed by atoms with Gasteiger partial charge >= 0.3 is 0 Å². The second-order valence-electron chi connectivity index (χ2n) is 6.46. The summed E-state index contributed by atoms with van der Waals surface area (Å²) in [4.78, 5) is 14.5. The lowest BCUT2D eigenvalue weighted by Crippen LogP contribution is -2.28. The molecule has 0 unspecified atom stereocenters. The number of halogens is 2. The molecule has 1 aromatic heterocycles. The van der Waals surface area contributed by atoms with E-state index in [1.54, 1.807) is 31.0 Å². The molecule has 6 heteroatoms. The molecule has 0 spiro atoms. The molecular weight excluding hydrogens is 365 g/mol. The van der Waals surface area contributed by atoms with Gasteiger partial charge in [0.15, 0.2) is 0 Å². The number of benzene rings is 2. The van der Waals surface area contributed by atoms with Crippen LogP contribution in [0.5, 0.6) is 0 Å². The second kappa shape index (κ2) is 8.35. The Labute approximate surface area is 163 Å². The molecule has 0 aliphatic carbocycles. The van der Waals surface area contributed by atoms with Crippen molar-refractivity contribution in [2.45, 2.75) is 19.8 Å². The van der Waals surface area contributed by atoms with E-state index >= 15 is 0 Å². The van der Waals surface area contributed by atoms with Crippen molar-refractivity contribution in [2.75, 3.05) is 13.6 Å². The number of carbonyl (C=O) groups excluding carboxylic acids is 1. The fourth-order valence-electron chi connectivity index (χ4n) is 2.95. The summed E-state index contributed by atoms with van der Waals surface area (Å²) in [5, 5.41) is 4.59. The first-order valence-corrected chi connectivity index (χ1v) is 9.15. The van der Waals surface area contributed by atoms with Gasteiger partial charge in [0.05, 0.1) is 16.9 Å². The standard InChI is InChI=1S/C21H21ClFN3O/c1-15-19(20(22)26(24-15)18-12-10-17(23)11-13-18)21(27)25(2)14-6-9-16-7-4-3-5-8-16/h3-5,7-8,10-13H,6,9,14H2,1-2H3. The van der Waals surface area contributed by atoms with Crippen molar-refractivity contribution >= 4 is 17.5 Å². The fourth-order valence-corrected chi connectivity index (χ4v) is 3.31. The molecule has 4 nitrogen and oxygen atoms in total. The fraction of sp³-hybridized carbons (Fsp3) is 0.238. The van der Waals surface area contributed by atoms with E-state index in [9.17, 15) is 9.18 Å². The van der Waals surface area contributed by atoms with Crippen LogP contribution in [0.15, 0.2) is 54.6 Å². The van der Waals surface area contributed by atoms with Gasteiger partial charge in [0.25, 0.3) is 5.91 Å². The van der Waals surface area contributed by atoms with Crippen LogP contribution < -0.4 is 0 Å². The molecule has 0 saturated heterocycles. The van der Waals surface area contributed by atoms with E-state index in [0.29, 0.717) is 23.5 Å². The lowest BCUT2D eigenvalue weighted by atomic mass is 10.1. The first-order valence-electron chi connectivity index (χ1n) is 8.78. The van der Waals surface area contributed by atoms with Crippen molar-refractivity contribution in [3.05, 3.63) is 82.4 Å². The van der Waals surface area contributed by atoms with Crippen LogP contribution in [0.1, 0.15) is 28.0 Å². The molecule has 0 bridgehead atoms. The van der Waals surface area contributed by atoms with Crippen LogP contribution in [0.25, 0.3) is 5.69 Å². The van der Waals surface area contributed by atoms with Crippen molar-refractivity contribution in [3.63, 3.8) is 0 Å². The van der Waals surface area contributed by atoms with Crippen LogP contribution in [0.3, 0.4) is 0 Å². The molecule has 1 heterocycles. The molecule has 27 heavy (non-hydrogen) atoms. The number of rotatable bonds is 6. The Morgan fingerprint density at radius 1 is 1.15 bits per heavy atom. The summed E-state index contributed by atoms with van der Waals surface area (Å²) >= 11 is 6.43. The third-order valence-electron chi connectivity index (χ3n) is 4.44. The first-order chi connectivity index (χ1) is 13.0. The van der Waals surface area contributed by atoms with Crippen LogP contribution >= 0.6 is 11.6 Å². The van der Waals surface area contributed by atoms with Crippen molar-refractivity contribution in [3.8, 4) is 5.69 Å². The molecule has 0 fully saturated rings. The predicted octanol–water partition coefficient (Wildman–Crippen LogP) is 4.68. The predicted molar refractivity (Wildman–Crippen MR) is 105 cm³/mol. The Kier molecular flexibility index (Phi) is 5.91. The van der Waals surface area contributed by atoms with E-state index in [1.165, 1.54) is 22.4 Å². The summed E-state index contributed by atoms with van der Waals surface area (Å²) in [6, 6.07) is 16.0. The normalized spacial score (nSPS) is 10.8. The lowest BCUT2D eigenvalue weighted by molar-refractivity contribution is 0.0793. The first kappa shape index (κ1) is 19.1. The lowest BCUT2D eigenvalue weighted by Gasteiger charge is -2.17. The largest absolute Gasteiger partial charge is 0.342 e. The Bertz CT molecular complexity index is 923. The molecule has 0 radical (unpaired) electrons. The van der Waals surface area contributed by atoms with E-state index in [-0.39, 0.29) is 16.9 Å². The SMILES string of the molecule is Cc1nn(-c2ccc(F)cc2)c(Cl)c1C(=O)N(C)CCCc1ccccc1. The molecule has 0 N–H and O–H groups in total. The van der Waals surface area contributed by atoms with Crippen LogP contribution in [0, 0.1) is 12.7 Å². The zero-order chi connectivity index (χ0) is 19.4. The van der Waals surface area contributed by atoms with E-state index < -0.39 is 0 Å². The Morgan fingerprint density at radius 2 is 1.81 bits per heavy atom. The maximum Gasteiger partial charge on any atom is 0.258 e. The molecule has 0 aliphatic rings. The summed E-state index contributed by atoms with van der Waals surface area (Å²) in [5.41, 5.74) is 2.78. The van der Waals surface area contributed by atoms with E-state index in [0.717, 1.165) is 12.8 Å². The van der Waals surface area contributed by atoms with Gasteiger partial charge < -0.3 is 4.90 Å². The van der Waals surface area contributed by atoms with Crippen LogP contribution in [-0.2, 0) is 6.42 Å². The van der Waals surface area contributed by atoms with Gasteiger partial charge in [0.2, 0.25) is 0 Å². The molecule has 0 atom stereocenters. The quantitative estimate of drug-likeness (QED) is 0.618. The zero-order valence-corrected chi connectivity index (χ0v) is 16.1. The molecule has 3 aromatic rings. The Balaban J connectivity index is 1.71. The number of aryl methyl sites for hydroxylation is 2. The Hall–Kier alpha value is -2.66. The number of carbonyl (C=O) groups is 1. The van der Waals surface area contributed by atoms with Crippen molar-refractivity contribution in [1.29, 1.82) is 0 Å². The monoisotopic (exact) mass is 385 g/mol. The summed E-state index contributed by atoms with van der Waals surface area (Å²) in [7, 11) is 1.76. The maximum absolute atomic E-state index is 13.1.